The molecule has 17 heteroatoms. The second-order valence-corrected chi connectivity index (χ2v) is 13.0. The first kappa shape index (κ1) is 37.1. The molecule has 0 bridgehead atoms. The molecule has 262 valence electrons. The highest BCUT2D eigenvalue weighted by molar-refractivity contribution is 7.16. The van der Waals surface area contributed by atoms with Crippen molar-refractivity contribution < 1.29 is 55.3 Å². The van der Waals surface area contributed by atoms with Crippen molar-refractivity contribution in [2.24, 2.45) is 0 Å². The van der Waals surface area contributed by atoms with Gasteiger partial charge in [-0.3, -0.25) is 14.6 Å². The number of Topliss-reactive ketones (excluding diaryl/α,β-unsaturated/α-hetero) is 1. The predicted molar refractivity (Wildman–Crippen MR) is 164 cm³/mol. The first-order valence-corrected chi connectivity index (χ1v) is 15.3. The molecular weight excluding hydrogens is 685 g/mol. The fourth-order valence-electron chi connectivity index (χ4n) is 5.44. The number of ketones is 1. The molecule has 9 nitrogen and oxygen atoms in total. The Hall–Kier alpha value is -4.69. The average molecular weight is 715 g/mol. The van der Waals surface area contributed by atoms with Gasteiger partial charge in [-0.25, -0.2) is 14.0 Å². The summed E-state index contributed by atoms with van der Waals surface area (Å²) in [6, 6.07) is 5.42. The van der Waals surface area contributed by atoms with Crippen LogP contribution >= 0.6 is 11.3 Å². The molecule has 3 aromatic rings. The first-order chi connectivity index (χ1) is 22.6. The van der Waals surface area contributed by atoms with E-state index in [4.69, 9.17) is 0 Å². The maximum Gasteiger partial charge on any atom is 0.416 e. The number of piperazine rings is 1. The Kier molecular flexibility index (Phi) is 10.4. The third-order valence-electron chi connectivity index (χ3n) is 8.32. The number of carbonyl (C=O) groups excluding carboxylic acids is 1. The number of thiophene rings is 1. The average Bonchev–Trinajstić information content (AvgIpc) is 3.34. The molecule has 0 aliphatic carbocycles. The lowest BCUT2D eigenvalue weighted by Gasteiger charge is -2.37. The normalized spacial score (nSPS) is 15.9. The summed E-state index contributed by atoms with van der Waals surface area (Å²) in [4.78, 5) is 40.1. The Balaban J connectivity index is 1.72. The third-order valence-corrected chi connectivity index (χ3v) is 9.53. The summed E-state index contributed by atoms with van der Waals surface area (Å²) in [6.07, 6.45) is -11.7. The van der Waals surface area contributed by atoms with E-state index in [2.05, 4.69) is 5.32 Å². The number of hydrogen-bond acceptors (Lipinski definition) is 7. The Morgan fingerprint density at radius 1 is 0.980 bits per heavy atom. The summed E-state index contributed by atoms with van der Waals surface area (Å²) < 4.78 is 95.3. The third kappa shape index (κ3) is 7.97. The molecule has 0 saturated carbocycles. The Morgan fingerprint density at radius 2 is 1.57 bits per heavy atom. The summed E-state index contributed by atoms with van der Waals surface area (Å²) in [5.41, 5.74) is -4.56. The highest BCUT2D eigenvalue weighted by Gasteiger charge is 2.40. The fraction of sp³-hybridized carbons (Fsp3) is 0.375. The summed E-state index contributed by atoms with van der Waals surface area (Å²) >= 11 is 1.07. The summed E-state index contributed by atoms with van der Waals surface area (Å²) in [6.45, 7) is 3.08. The van der Waals surface area contributed by atoms with Gasteiger partial charge in [0.25, 0.3) is 0 Å². The number of anilines is 1. The van der Waals surface area contributed by atoms with Crippen LogP contribution in [0.3, 0.4) is 0 Å². The number of aryl methyl sites for hydroxylation is 1. The monoisotopic (exact) mass is 714 g/mol. The molecule has 1 saturated heterocycles. The van der Waals surface area contributed by atoms with Crippen LogP contribution in [0, 0.1) is 24.1 Å². The standard InChI is InChI=1S/C32H29F7N4O5S/c1-16-8-20(33)4-5-21(16)27-26(22(12-40)24(49-27)15-42-6-7-43(29(47)48)23(14-42)28(45)46)41-13-25(44)30(2,3)17-9-18(31(34,35)36)11-19(10-17)32(37,38)39/h4-5,8-11,23,41H,6-7,13-15H2,1-3H3,(H,45,46)(H,47,48)/t23-/m1/s1. The van der Waals surface area contributed by atoms with Gasteiger partial charge in [0.2, 0.25) is 0 Å². The minimum absolute atomic E-state index is 0.0103. The van der Waals surface area contributed by atoms with Crippen LogP contribution in [0.4, 0.5) is 41.2 Å². The maximum atomic E-state index is 14.0. The molecule has 1 aliphatic rings. The van der Waals surface area contributed by atoms with Crippen LogP contribution in [-0.4, -0.2) is 70.1 Å². The lowest BCUT2D eigenvalue weighted by molar-refractivity contribution is -0.145. The van der Waals surface area contributed by atoms with Crippen LogP contribution in [0.25, 0.3) is 10.4 Å². The zero-order valence-electron chi connectivity index (χ0n) is 26.1. The van der Waals surface area contributed by atoms with E-state index in [0.29, 0.717) is 33.0 Å². The fourth-order valence-corrected chi connectivity index (χ4v) is 6.80. The molecular formula is C32H29F7N4O5S. The number of hydrogen-bond donors (Lipinski definition) is 3. The molecule has 0 spiro atoms. The van der Waals surface area contributed by atoms with Gasteiger partial charge in [0.05, 0.1) is 39.2 Å². The van der Waals surface area contributed by atoms with Crippen molar-refractivity contribution in [3.8, 4) is 16.5 Å². The second-order valence-electron chi connectivity index (χ2n) is 11.9. The van der Waals surface area contributed by atoms with Crippen LogP contribution in [-0.2, 0) is 33.9 Å². The quantitative estimate of drug-likeness (QED) is 0.202. The van der Waals surface area contributed by atoms with Gasteiger partial charge in [0.1, 0.15) is 17.9 Å². The minimum atomic E-state index is -5.13. The van der Waals surface area contributed by atoms with Crippen molar-refractivity contribution in [1.29, 1.82) is 5.26 Å². The van der Waals surface area contributed by atoms with E-state index in [9.17, 15) is 60.6 Å². The van der Waals surface area contributed by atoms with E-state index in [1.807, 2.05) is 6.07 Å². The van der Waals surface area contributed by atoms with Crippen molar-refractivity contribution in [3.63, 3.8) is 0 Å². The molecule has 1 amide bonds. The molecule has 1 fully saturated rings. The van der Waals surface area contributed by atoms with Crippen molar-refractivity contribution >= 4 is 34.9 Å². The van der Waals surface area contributed by atoms with Crippen molar-refractivity contribution in [3.05, 3.63) is 74.9 Å². The number of carbonyl (C=O) groups is 3. The first-order valence-electron chi connectivity index (χ1n) is 14.5. The highest BCUT2D eigenvalue weighted by Crippen LogP contribution is 2.44. The number of carboxylic acid groups (broad SMARTS) is 2. The van der Waals surface area contributed by atoms with Crippen LogP contribution < -0.4 is 5.32 Å². The minimum Gasteiger partial charge on any atom is -0.480 e. The number of aliphatic carboxylic acids is 1. The van der Waals surface area contributed by atoms with Crippen LogP contribution in [0.2, 0.25) is 0 Å². The lowest BCUT2D eigenvalue weighted by atomic mass is 9.79. The summed E-state index contributed by atoms with van der Waals surface area (Å²) in [5, 5.41) is 32.1. The number of amides is 1. The van der Waals surface area contributed by atoms with Gasteiger partial charge in [-0.05, 0) is 67.8 Å². The number of nitrogens with zero attached hydrogens (tertiary/aromatic N) is 3. The molecule has 3 N–H and O–H groups in total. The maximum absolute atomic E-state index is 14.0. The molecule has 1 aliphatic heterocycles. The van der Waals surface area contributed by atoms with E-state index < -0.39 is 70.7 Å². The number of halogens is 7. The van der Waals surface area contributed by atoms with E-state index >= 15 is 0 Å². The molecule has 2 heterocycles. The highest BCUT2D eigenvalue weighted by atomic mass is 32.1. The lowest BCUT2D eigenvalue weighted by Crippen LogP contribution is -2.57. The van der Waals surface area contributed by atoms with Gasteiger partial charge in [0.15, 0.2) is 5.78 Å². The Morgan fingerprint density at radius 3 is 2.08 bits per heavy atom. The molecule has 2 aromatic carbocycles. The number of rotatable bonds is 9. The SMILES string of the molecule is Cc1cc(F)ccc1-c1sc(CN2CCN(C(=O)O)[C@@H](C(=O)O)C2)c(C#N)c1NCC(=O)C(C)(C)c1cc(C(F)(F)F)cc(C(F)(F)F)c1. The van der Waals surface area contributed by atoms with Crippen LogP contribution in [0.15, 0.2) is 36.4 Å². The van der Waals surface area contributed by atoms with Gasteiger partial charge in [-0.2, -0.15) is 31.6 Å². The van der Waals surface area contributed by atoms with Gasteiger partial charge >= 0.3 is 24.4 Å². The molecule has 49 heavy (non-hydrogen) atoms. The van der Waals surface area contributed by atoms with Crippen LogP contribution in [0.1, 0.15) is 46.5 Å². The largest absolute Gasteiger partial charge is 0.480 e. The summed E-state index contributed by atoms with van der Waals surface area (Å²) in [7, 11) is 0. The van der Waals surface area contributed by atoms with E-state index in [0.717, 1.165) is 16.2 Å². The van der Waals surface area contributed by atoms with Crippen molar-refractivity contribution in [1.82, 2.24) is 9.80 Å². The summed E-state index contributed by atoms with van der Waals surface area (Å²) in [5.74, 6) is -2.74. The molecule has 0 radical (unpaired) electrons. The number of benzene rings is 2. The Bertz CT molecular complexity index is 1800. The van der Waals surface area contributed by atoms with Crippen molar-refractivity contribution in [2.75, 3.05) is 31.5 Å². The zero-order valence-corrected chi connectivity index (χ0v) is 26.9. The number of nitrogens with one attached hydrogen (secondary N) is 1. The smallest absolute Gasteiger partial charge is 0.416 e. The van der Waals surface area contributed by atoms with Crippen LogP contribution in [0.5, 0.6) is 0 Å². The van der Waals surface area contributed by atoms with Gasteiger partial charge in [0, 0.05) is 31.1 Å². The molecule has 0 unspecified atom stereocenters. The topological polar surface area (TPSA) is 134 Å². The van der Waals surface area contributed by atoms with E-state index in [-0.39, 0.29) is 43.5 Å². The molecule has 1 aromatic heterocycles. The van der Waals surface area contributed by atoms with E-state index in [1.54, 1.807) is 11.8 Å². The predicted octanol–water partition coefficient (Wildman–Crippen LogP) is 6.98. The van der Waals surface area contributed by atoms with Crippen molar-refractivity contribution in [2.45, 2.75) is 51.1 Å². The van der Waals surface area contributed by atoms with Gasteiger partial charge < -0.3 is 15.5 Å². The number of carboxylic acids is 1. The number of nitriles is 1. The van der Waals surface area contributed by atoms with E-state index in [1.165, 1.54) is 32.0 Å². The molecule has 4 rings (SSSR count). The van der Waals surface area contributed by atoms with Gasteiger partial charge in [-0.1, -0.05) is 6.07 Å². The molecule has 1 atom stereocenters. The zero-order chi connectivity index (χ0) is 36.6. The van der Waals surface area contributed by atoms with Gasteiger partial charge in [-0.15, -0.1) is 11.3 Å². The number of alkyl halides is 6. The Labute approximate surface area is 279 Å². The second kappa shape index (κ2) is 13.7.